The fourth-order valence-corrected chi connectivity index (χ4v) is 4.39. The molecule has 1 amide bonds. The first kappa shape index (κ1) is 19.2. The van der Waals surface area contributed by atoms with Crippen LogP contribution in [0.5, 0.6) is 5.75 Å². The normalized spacial score (nSPS) is 14.9. The molecule has 6 rings (SSSR count). The van der Waals surface area contributed by atoms with Crippen molar-refractivity contribution in [3.8, 4) is 16.9 Å². The summed E-state index contributed by atoms with van der Waals surface area (Å²) in [5.41, 5.74) is 11.9. The summed E-state index contributed by atoms with van der Waals surface area (Å²) in [6.45, 7) is 0.412. The van der Waals surface area contributed by atoms with Crippen molar-refractivity contribution in [1.29, 1.82) is 0 Å². The van der Waals surface area contributed by atoms with Crippen molar-refractivity contribution in [3.63, 3.8) is 0 Å². The van der Waals surface area contributed by atoms with Crippen molar-refractivity contribution in [2.24, 2.45) is 0 Å². The summed E-state index contributed by atoms with van der Waals surface area (Å²) in [6, 6.07) is 15.3. The molecule has 0 bridgehead atoms. The molecule has 3 aromatic heterocycles. The molecule has 33 heavy (non-hydrogen) atoms. The lowest BCUT2D eigenvalue weighted by Gasteiger charge is -2.24. The topological polar surface area (TPSA) is 98.6 Å². The van der Waals surface area contributed by atoms with Crippen LogP contribution in [-0.2, 0) is 0 Å². The lowest BCUT2D eigenvalue weighted by molar-refractivity contribution is 0.0708. The molecule has 0 spiro atoms. The number of ether oxygens (including phenoxy) is 1. The van der Waals surface area contributed by atoms with E-state index in [1.807, 2.05) is 40.8 Å². The van der Waals surface area contributed by atoms with Gasteiger partial charge in [0.15, 0.2) is 0 Å². The third-order valence-corrected chi connectivity index (χ3v) is 6.19. The van der Waals surface area contributed by atoms with Gasteiger partial charge in [0.1, 0.15) is 23.7 Å². The van der Waals surface area contributed by atoms with E-state index in [4.69, 9.17) is 10.5 Å². The zero-order chi connectivity index (χ0) is 22.5. The number of pyridine rings is 1. The van der Waals surface area contributed by atoms with Crippen molar-refractivity contribution in [3.05, 3.63) is 84.6 Å². The van der Waals surface area contributed by atoms with Gasteiger partial charge < -0.3 is 15.4 Å². The molecule has 4 heterocycles. The van der Waals surface area contributed by atoms with Crippen LogP contribution in [0, 0.1) is 0 Å². The predicted octanol–water partition coefficient (Wildman–Crippen LogP) is 3.73. The van der Waals surface area contributed by atoms with Crippen molar-refractivity contribution < 1.29 is 9.53 Å². The molecule has 8 heteroatoms. The second kappa shape index (κ2) is 7.30. The molecule has 1 atom stereocenters. The molecule has 0 saturated heterocycles. The number of rotatable bonds is 3. The van der Waals surface area contributed by atoms with Gasteiger partial charge in [0.2, 0.25) is 0 Å². The van der Waals surface area contributed by atoms with Crippen LogP contribution in [0.1, 0.15) is 22.0 Å². The molecule has 0 aliphatic carbocycles. The Morgan fingerprint density at radius 1 is 1.06 bits per heavy atom. The Morgan fingerprint density at radius 2 is 1.91 bits per heavy atom. The third-order valence-electron chi connectivity index (χ3n) is 6.19. The van der Waals surface area contributed by atoms with Gasteiger partial charge in [-0.25, -0.2) is 9.97 Å². The zero-order valence-electron chi connectivity index (χ0n) is 17.8. The van der Waals surface area contributed by atoms with E-state index in [-0.39, 0.29) is 11.9 Å². The SMILES string of the molecule is CN(C(=O)c1ccc2nc(N)c3cncn3c2c1)[C@@H]1COc2cc(-c3ccncc3)ccc21. The molecule has 0 unspecified atom stereocenters. The molecule has 2 aromatic carbocycles. The Morgan fingerprint density at radius 3 is 2.76 bits per heavy atom. The number of benzene rings is 2. The van der Waals surface area contributed by atoms with Gasteiger partial charge in [-0.05, 0) is 47.5 Å². The minimum absolute atomic E-state index is 0.0957. The summed E-state index contributed by atoms with van der Waals surface area (Å²) < 4.78 is 7.82. The van der Waals surface area contributed by atoms with Gasteiger partial charge in [-0.15, -0.1) is 0 Å². The van der Waals surface area contributed by atoms with E-state index in [2.05, 4.69) is 21.0 Å². The number of anilines is 1. The number of imidazole rings is 1. The first-order chi connectivity index (χ1) is 16.1. The number of nitrogens with two attached hydrogens (primary N) is 1. The zero-order valence-corrected chi connectivity index (χ0v) is 17.8. The molecule has 1 aliphatic rings. The van der Waals surface area contributed by atoms with E-state index < -0.39 is 0 Å². The molecule has 5 aromatic rings. The van der Waals surface area contributed by atoms with Crippen LogP contribution < -0.4 is 10.5 Å². The summed E-state index contributed by atoms with van der Waals surface area (Å²) in [5.74, 6) is 1.11. The smallest absolute Gasteiger partial charge is 0.254 e. The monoisotopic (exact) mass is 436 g/mol. The van der Waals surface area contributed by atoms with Crippen LogP contribution in [0.4, 0.5) is 5.82 Å². The summed E-state index contributed by atoms with van der Waals surface area (Å²) >= 11 is 0. The fourth-order valence-electron chi connectivity index (χ4n) is 4.39. The van der Waals surface area contributed by atoms with Crippen LogP contribution in [0.15, 0.2) is 73.4 Å². The predicted molar refractivity (Wildman–Crippen MR) is 125 cm³/mol. The van der Waals surface area contributed by atoms with Gasteiger partial charge in [-0.2, -0.15) is 0 Å². The number of fused-ring (bicyclic) bond motifs is 4. The van der Waals surface area contributed by atoms with E-state index >= 15 is 0 Å². The Bertz CT molecular complexity index is 1530. The highest BCUT2D eigenvalue weighted by Gasteiger charge is 2.31. The van der Waals surface area contributed by atoms with Crippen LogP contribution in [0.2, 0.25) is 0 Å². The summed E-state index contributed by atoms with van der Waals surface area (Å²) in [6.07, 6.45) is 6.87. The molecule has 2 N–H and O–H groups in total. The van der Waals surface area contributed by atoms with Crippen LogP contribution in [0.3, 0.4) is 0 Å². The molecule has 1 aliphatic heterocycles. The molecule has 162 valence electrons. The average Bonchev–Trinajstić information content (AvgIpc) is 3.51. The van der Waals surface area contributed by atoms with Gasteiger partial charge in [0, 0.05) is 30.6 Å². The maximum Gasteiger partial charge on any atom is 0.254 e. The number of aromatic nitrogens is 4. The van der Waals surface area contributed by atoms with Gasteiger partial charge >= 0.3 is 0 Å². The maximum atomic E-state index is 13.4. The van der Waals surface area contributed by atoms with Crippen molar-refractivity contribution in [2.45, 2.75) is 6.04 Å². The van der Waals surface area contributed by atoms with E-state index in [9.17, 15) is 4.79 Å². The first-order valence-corrected chi connectivity index (χ1v) is 10.6. The second-order valence-corrected chi connectivity index (χ2v) is 8.08. The Kier molecular flexibility index (Phi) is 4.26. The number of hydrogen-bond acceptors (Lipinski definition) is 6. The molecule has 8 nitrogen and oxygen atoms in total. The number of carbonyl (C=O) groups excluding carboxylic acids is 1. The Balaban J connectivity index is 1.32. The highest BCUT2D eigenvalue weighted by molar-refractivity contribution is 5.98. The first-order valence-electron chi connectivity index (χ1n) is 10.6. The molecule has 0 saturated carbocycles. The third kappa shape index (κ3) is 3.07. The number of nitrogens with zero attached hydrogens (tertiary/aromatic N) is 5. The fraction of sp³-hybridized carbons (Fsp3) is 0.120. The average molecular weight is 436 g/mol. The van der Waals surface area contributed by atoms with Crippen molar-refractivity contribution in [2.75, 3.05) is 19.4 Å². The highest BCUT2D eigenvalue weighted by Crippen LogP contribution is 2.39. The number of carbonyl (C=O) groups is 1. The van der Waals surface area contributed by atoms with Crippen LogP contribution in [-0.4, -0.2) is 43.8 Å². The Hall–Kier alpha value is -4.46. The maximum absolute atomic E-state index is 13.4. The largest absolute Gasteiger partial charge is 0.491 e. The molecular weight excluding hydrogens is 416 g/mol. The standard InChI is InChI=1S/C25H20N6O2/c1-30(22-13-33-23-11-16(2-4-18(22)23)15-6-8-27-9-7-15)25(32)17-3-5-19-20(10-17)31-14-28-12-21(31)24(26)29-19/h2-12,14,22H,13H2,1H3,(H2,26,29)/t22-/m1/s1. The van der Waals surface area contributed by atoms with Gasteiger partial charge in [0.25, 0.3) is 5.91 Å². The van der Waals surface area contributed by atoms with E-state index in [0.717, 1.165) is 28.0 Å². The number of likely N-dealkylation sites (N-methyl/N-ethyl adjacent to an activating group) is 1. The van der Waals surface area contributed by atoms with E-state index in [1.54, 1.807) is 42.9 Å². The van der Waals surface area contributed by atoms with Gasteiger partial charge in [0.05, 0.1) is 29.6 Å². The number of nitrogen functional groups attached to an aromatic ring is 1. The molecular formula is C25H20N6O2. The van der Waals surface area contributed by atoms with E-state index in [0.29, 0.717) is 29.0 Å². The molecule has 0 radical (unpaired) electrons. The van der Waals surface area contributed by atoms with Crippen molar-refractivity contribution >= 4 is 28.3 Å². The summed E-state index contributed by atoms with van der Waals surface area (Å²) in [4.78, 5) is 27.8. The van der Waals surface area contributed by atoms with Crippen molar-refractivity contribution in [1.82, 2.24) is 24.3 Å². The number of hydrogen-bond donors (Lipinski definition) is 1. The number of amides is 1. The van der Waals surface area contributed by atoms with Crippen LogP contribution >= 0.6 is 0 Å². The highest BCUT2D eigenvalue weighted by atomic mass is 16.5. The molecule has 0 fully saturated rings. The summed E-state index contributed by atoms with van der Waals surface area (Å²) in [7, 11) is 1.81. The second-order valence-electron chi connectivity index (χ2n) is 8.08. The Labute approximate surface area is 189 Å². The summed E-state index contributed by atoms with van der Waals surface area (Å²) in [5, 5.41) is 0. The van der Waals surface area contributed by atoms with E-state index in [1.165, 1.54) is 0 Å². The van der Waals surface area contributed by atoms with Gasteiger partial charge in [-0.3, -0.25) is 14.2 Å². The minimum atomic E-state index is -0.174. The minimum Gasteiger partial charge on any atom is -0.491 e. The lowest BCUT2D eigenvalue weighted by atomic mass is 10.0. The quantitative estimate of drug-likeness (QED) is 0.463. The van der Waals surface area contributed by atoms with Crippen LogP contribution in [0.25, 0.3) is 27.7 Å². The lowest BCUT2D eigenvalue weighted by Crippen LogP contribution is -2.32. The van der Waals surface area contributed by atoms with Gasteiger partial charge in [-0.1, -0.05) is 12.1 Å².